The van der Waals surface area contributed by atoms with Crippen molar-refractivity contribution in [2.45, 2.75) is 276 Å². The predicted molar refractivity (Wildman–Crippen MR) is 269 cm³/mol. The predicted octanol–water partition coefficient (Wildman–Crippen LogP) is 14.7. The third kappa shape index (κ3) is 39.1. The van der Waals surface area contributed by atoms with Crippen molar-refractivity contribution in [1.29, 1.82) is 0 Å². The number of rotatable bonds is 47. The first-order valence-corrected chi connectivity index (χ1v) is 28.5. The minimum Gasteiger partial charge on any atom is -0.744 e. The number of carbonyl (C=O) groups excluding carboxylic acids is 2. The molecule has 0 amide bonds. The molecule has 0 unspecified atom stereocenters. The van der Waals surface area contributed by atoms with E-state index in [4.69, 9.17) is 9.47 Å². The standard InChI is InChI=1S/C56H98O7S.Na/c1-3-5-7-9-11-13-15-17-19-21-23-25-27-29-31-33-35-37-39-41-43-45-50-62-55(57)52-48-47-49-53(64(59,60)61)54(52)56(58)63-51-46-44-42-40-38-36-34-32-30-28-26-24-22-20-18-16-14-12-10-8-6-4-2;/h27-30,47-49H,3-26,31-46,50-51H2,1-2H3,(H,59,60,61);/q;+1/p-1/b29-27+,30-28+;. The van der Waals surface area contributed by atoms with Crippen LogP contribution in [0.1, 0.15) is 291 Å². The molecule has 370 valence electrons. The van der Waals surface area contributed by atoms with Gasteiger partial charge in [-0.05, 0) is 76.3 Å². The molecule has 0 bridgehead atoms. The molecule has 0 atom stereocenters. The third-order valence-electron chi connectivity index (χ3n) is 12.5. The van der Waals surface area contributed by atoms with E-state index in [0.717, 1.165) is 57.4 Å². The van der Waals surface area contributed by atoms with Gasteiger partial charge in [0.2, 0.25) is 0 Å². The van der Waals surface area contributed by atoms with E-state index >= 15 is 0 Å². The molecule has 0 N–H and O–H groups in total. The number of carbonyl (C=O) groups is 2. The van der Waals surface area contributed by atoms with Gasteiger partial charge in [0.05, 0.1) is 29.2 Å². The smallest absolute Gasteiger partial charge is 0.744 e. The number of hydrogen-bond acceptors (Lipinski definition) is 7. The summed E-state index contributed by atoms with van der Waals surface area (Å²) in [7, 11) is -5.02. The minimum absolute atomic E-state index is 0. The number of hydrogen-bond donors (Lipinski definition) is 0. The van der Waals surface area contributed by atoms with Crippen LogP contribution < -0.4 is 29.6 Å². The van der Waals surface area contributed by atoms with E-state index in [-0.39, 0.29) is 48.3 Å². The van der Waals surface area contributed by atoms with Gasteiger partial charge in [0.1, 0.15) is 10.1 Å². The first-order valence-electron chi connectivity index (χ1n) is 27.1. The quantitative estimate of drug-likeness (QED) is 0.0210. The number of benzene rings is 1. The van der Waals surface area contributed by atoms with E-state index in [1.165, 1.54) is 205 Å². The Morgan fingerprint density at radius 3 is 1.02 bits per heavy atom. The molecule has 0 saturated heterocycles. The molecule has 0 spiro atoms. The molecule has 1 rings (SSSR count). The van der Waals surface area contributed by atoms with Crippen molar-refractivity contribution >= 4 is 22.1 Å². The van der Waals surface area contributed by atoms with Crippen molar-refractivity contribution in [2.75, 3.05) is 13.2 Å². The number of allylic oxidation sites excluding steroid dienone is 4. The molecule has 0 aliphatic carbocycles. The maximum Gasteiger partial charge on any atom is 1.00 e. The van der Waals surface area contributed by atoms with Gasteiger partial charge in [0.25, 0.3) is 0 Å². The van der Waals surface area contributed by atoms with Crippen LogP contribution in [0, 0.1) is 0 Å². The molecule has 0 radical (unpaired) electrons. The van der Waals surface area contributed by atoms with Crippen LogP contribution in [0.25, 0.3) is 0 Å². The van der Waals surface area contributed by atoms with Crippen molar-refractivity contribution in [1.82, 2.24) is 0 Å². The van der Waals surface area contributed by atoms with Gasteiger partial charge in [-0.2, -0.15) is 0 Å². The van der Waals surface area contributed by atoms with Crippen LogP contribution in [0.4, 0.5) is 0 Å². The van der Waals surface area contributed by atoms with Gasteiger partial charge in [-0.3, -0.25) is 0 Å². The molecule has 1 aromatic rings. The molecule has 0 aliphatic heterocycles. The van der Waals surface area contributed by atoms with Gasteiger partial charge >= 0.3 is 41.5 Å². The SMILES string of the molecule is CCCCCCCCCCCCC/C=C/CCCCCCCCCOC(=O)c1cccc(S(=O)(=O)[O-])c1C(=O)OCCCCCCCCC/C=C/CCCCCCCCCCCCC.[Na+]. The number of esters is 2. The third-order valence-corrected chi connectivity index (χ3v) is 13.4. The molecule has 0 saturated carbocycles. The zero-order chi connectivity index (χ0) is 46.4. The summed E-state index contributed by atoms with van der Waals surface area (Å²) in [5, 5.41) is 0. The van der Waals surface area contributed by atoms with Crippen LogP contribution in [-0.2, 0) is 19.6 Å². The maximum atomic E-state index is 13.1. The Hall–Kier alpha value is -1.45. The fraction of sp³-hybridized carbons (Fsp3) is 0.786. The maximum absolute atomic E-state index is 13.1. The molecular weight excluding hydrogens is 840 g/mol. The topological polar surface area (TPSA) is 110 Å². The Morgan fingerprint density at radius 2 is 0.708 bits per heavy atom. The van der Waals surface area contributed by atoms with Gasteiger partial charge in [0, 0.05) is 0 Å². The van der Waals surface area contributed by atoms with Crippen molar-refractivity contribution < 1.29 is 61.6 Å². The van der Waals surface area contributed by atoms with Crippen LogP contribution in [0.3, 0.4) is 0 Å². The van der Waals surface area contributed by atoms with Crippen molar-refractivity contribution in [2.24, 2.45) is 0 Å². The molecule has 0 fully saturated rings. The molecule has 1 aromatic carbocycles. The average molecular weight is 937 g/mol. The summed E-state index contributed by atoms with van der Waals surface area (Å²) >= 11 is 0. The molecule has 0 aromatic heterocycles. The first kappa shape index (κ1) is 63.5. The van der Waals surface area contributed by atoms with Gasteiger partial charge in [-0.15, -0.1) is 0 Å². The summed E-state index contributed by atoms with van der Waals surface area (Å²) < 4.78 is 47.0. The number of ether oxygens (including phenoxy) is 2. The Balaban J connectivity index is 0.0000410. The van der Waals surface area contributed by atoms with Gasteiger partial charge in [-0.25, -0.2) is 18.0 Å². The summed E-state index contributed by atoms with van der Waals surface area (Å²) in [6.07, 6.45) is 59.1. The second-order valence-electron chi connectivity index (χ2n) is 18.5. The largest absolute Gasteiger partial charge is 1.00 e. The van der Waals surface area contributed by atoms with E-state index in [1.54, 1.807) is 0 Å². The van der Waals surface area contributed by atoms with Crippen molar-refractivity contribution in [3.63, 3.8) is 0 Å². The Morgan fingerprint density at radius 1 is 0.431 bits per heavy atom. The second-order valence-corrected chi connectivity index (χ2v) is 19.9. The summed E-state index contributed by atoms with van der Waals surface area (Å²) in [6.45, 7) is 4.79. The first-order chi connectivity index (χ1) is 31.3. The molecule has 0 aliphatic rings. The van der Waals surface area contributed by atoms with Crippen molar-refractivity contribution in [3.05, 3.63) is 53.6 Å². The Labute approximate surface area is 423 Å². The van der Waals surface area contributed by atoms with E-state index in [2.05, 4.69) is 38.2 Å². The summed E-state index contributed by atoms with van der Waals surface area (Å²) in [4.78, 5) is 25.3. The molecule has 7 nitrogen and oxygen atoms in total. The monoisotopic (exact) mass is 937 g/mol. The van der Waals surface area contributed by atoms with Gasteiger partial charge < -0.3 is 14.0 Å². The van der Waals surface area contributed by atoms with E-state index < -0.39 is 32.5 Å². The van der Waals surface area contributed by atoms with Crippen LogP contribution in [0.5, 0.6) is 0 Å². The summed E-state index contributed by atoms with van der Waals surface area (Å²) in [5.74, 6) is -1.81. The van der Waals surface area contributed by atoms with Crippen LogP contribution in [-0.4, -0.2) is 38.1 Å². The molecule has 0 heterocycles. The van der Waals surface area contributed by atoms with Gasteiger partial charge in [-0.1, -0.05) is 237 Å². The van der Waals surface area contributed by atoms with Crippen LogP contribution >= 0.6 is 0 Å². The summed E-state index contributed by atoms with van der Waals surface area (Å²) in [5.41, 5.74) is -0.780. The van der Waals surface area contributed by atoms with E-state index in [9.17, 15) is 22.6 Å². The zero-order valence-corrected chi connectivity index (χ0v) is 45.3. The van der Waals surface area contributed by atoms with Gasteiger partial charge in [0.15, 0.2) is 0 Å². The minimum atomic E-state index is -5.02. The van der Waals surface area contributed by atoms with E-state index in [1.807, 2.05) is 0 Å². The zero-order valence-electron chi connectivity index (χ0n) is 42.5. The number of unbranched alkanes of at least 4 members (excludes halogenated alkanes) is 36. The van der Waals surface area contributed by atoms with Crippen LogP contribution in [0.2, 0.25) is 0 Å². The fourth-order valence-corrected chi connectivity index (χ4v) is 9.11. The normalized spacial score (nSPS) is 11.7. The average Bonchev–Trinajstić information content (AvgIpc) is 3.28. The summed E-state index contributed by atoms with van der Waals surface area (Å²) in [6, 6.07) is 3.64. The fourth-order valence-electron chi connectivity index (χ4n) is 8.42. The Kier molecular flexibility index (Phi) is 46.5. The molecular formula is C56H97NaO7S. The van der Waals surface area contributed by atoms with Crippen molar-refractivity contribution in [3.8, 4) is 0 Å². The molecule has 9 heteroatoms. The Bertz CT molecular complexity index is 1410. The second kappa shape index (κ2) is 47.6. The molecule has 65 heavy (non-hydrogen) atoms. The van der Waals surface area contributed by atoms with Crippen LogP contribution in [0.15, 0.2) is 47.4 Å². The van der Waals surface area contributed by atoms with E-state index in [0.29, 0.717) is 12.8 Å².